The molecule has 2 atom stereocenters. The van der Waals surface area contributed by atoms with E-state index in [4.69, 9.17) is 5.11 Å². The van der Waals surface area contributed by atoms with Crippen molar-refractivity contribution in [2.75, 3.05) is 0 Å². The predicted octanol–water partition coefficient (Wildman–Crippen LogP) is 5.25. The average Bonchev–Trinajstić information content (AvgIpc) is 2.91. The fourth-order valence-electron chi connectivity index (χ4n) is 3.57. The number of carboxylic acid groups (broad SMARTS) is 1. The molecule has 136 valence electrons. The number of hydrogen-bond donors (Lipinski definition) is 1. The molecular formula is C22H30O3. The molecule has 2 rings (SSSR count). The zero-order chi connectivity index (χ0) is 18.4. The minimum absolute atomic E-state index is 0.0659. The first-order chi connectivity index (χ1) is 11.8. The fourth-order valence-corrected chi connectivity index (χ4v) is 3.57. The van der Waals surface area contributed by atoms with Gasteiger partial charge in [0.05, 0.1) is 0 Å². The van der Waals surface area contributed by atoms with Crippen molar-refractivity contribution in [3.8, 4) is 0 Å². The molecule has 0 spiro atoms. The van der Waals surface area contributed by atoms with Crippen LogP contribution < -0.4 is 0 Å². The van der Waals surface area contributed by atoms with Crippen LogP contribution >= 0.6 is 0 Å². The van der Waals surface area contributed by atoms with Gasteiger partial charge in [-0.25, -0.2) is 0 Å². The second-order valence-electron chi connectivity index (χ2n) is 8.08. The Morgan fingerprint density at radius 3 is 2.48 bits per heavy atom. The summed E-state index contributed by atoms with van der Waals surface area (Å²) >= 11 is 0. The molecule has 3 heteroatoms. The molecular weight excluding hydrogens is 312 g/mol. The van der Waals surface area contributed by atoms with E-state index < -0.39 is 5.97 Å². The zero-order valence-corrected chi connectivity index (χ0v) is 15.6. The SMILES string of the molecule is CC(C)(C)c1ccc([C@H]2CCC(=O)[C@@H]2C/C=C\CCCC(=O)O)cc1. The van der Waals surface area contributed by atoms with E-state index in [1.165, 1.54) is 11.1 Å². The normalized spacial score (nSPS) is 21.2. The lowest BCUT2D eigenvalue weighted by Crippen LogP contribution is -2.14. The standard InChI is InChI=1S/C22H30O3/c1-22(2,3)17-12-10-16(11-13-17)18-14-15-20(23)19(18)8-6-4-5-7-9-21(24)25/h4,6,10-13,18-19H,5,7-9,14-15H2,1-3H3,(H,24,25)/b6-4-/t18-,19-/m1/s1. The van der Waals surface area contributed by atoms with Crippen molar-refractivity contribution in [2.24, 2.45) is 5.92 Å². The highest BCUT2D eigenvalue weighted by Crippen LogP contribution is 2.40. The van der Waals surface area contributed by atoms with Gasteiger partial charge in [-0.15, -0.1) is 0 Å². The molecule has 0 aliphatic heterocycles. The van der Waals surface area contributed by atoms with E-state index in [2.05, 4.69) is 51.1 Å². The summed E-state index contributed by atoms with van der Waals surface area (Å²) in [4.78, 5) is 22.8. The van der Waals surface area contributed by atoms with E-state index in [-0.39, 0.29) is 17.8 Å². The number of unbranched alkanes of at least 4 members (excludes halogenated alkanes) is 1. The molecule has 0 saturated heterocycles. The number of carbonyl (C=O) groups is 2. The molecule has 1 aromatic carbocycles. The molecule has 1 fully saturated rings. The van der Waals surface area contributed by atoms with Crippen molar-refractivity contribution in [1.29, 1.82) is 0 Å². The third-order valence-electron chi connectivity index (χ3n) is 5.12. The average molecular weight is 342 g/mol. The van der Waals surface area contributed by atoms with Gasteiger partial charge in [0.1, 0.15) is 5.78 Å². The Bertz CT molecular complexity index is 620. The summed E-state index contributed by atoms with van der Waals surface area (Å²) < 4.78 is 0. The highest BCUT2D eigenvalue weighted by molar-refractivity contribution is 5.84. The maximum atomic E-state index is 12.3. The van der Waals surface area contributed by atoms with Gasteiger partial charge in [-0.3, -0.25) is 9.59 Å². The first-order valence-corrected chi connectivity index (χ1v) is 9.29. The Kier molecular flexibility index (Phi) is 6.57. The van der Waals surface area contributed by atoms with Crippen LogP contribution in [0.5, 0.6) is 0 Å². The lowest BCUT2D eigenvalue weighted by molar-refractivity contribution is -0.137. The van der Waals surface area contributed by atoms with Crippen LogP contribution in [0.1, 0.15) is 76.3 Å². The van der Waals surface area contributed by atoms with Crippen LogP contribution in [0.2, 0.25) is 0 Å². The Hall–Kier alpha value is -1.90. The summed E-state index contributed by atoms with van der Waals surface area (Å²) in [5.41, 5.74) is 2.72. The molecule has 1 aliphatic carbocycles. The molecule has 1 aliphatic rings. The molecule has 1 N–H and O–H groups in total. The van der Waals surface area contributed by atoms with E-state index >= 15 is 0 Å². The predicted molar refractivity (Wildman–Crippen MR) is 101 cm³/mol. The van der Waals surface area contributed by atoms with Crippen molar-refractivity contribution in [1.82, 2.24) is 0 Å². The number of hydrogen-bond acceptors (Lipinski definition) is 2. The molecule has 1 aromatic rings. The summed E-state index contributed by atoms with van der Waals surface area (Å²) in [5.74, 6) is -0.0142. The van der Waals surface area contributed by atoms with Crippen molar-refractivity contribution in [3.05, 3.63) is 47.5 Å². The number of rotatable bonds is 7. The lowest BCUT2D eigenvalue weighted by Gasteiger charge is -2.22. The Morgan fingerprint density at radius 2 is 1.88 bits per heavy atom. The van der Waals surface area contributed by atoms with Crippen molar-refractivity contribution < 1.29 is 14.7 Å². The van der Waals surface area contributed by atoms with Gasteiger partial charge in [-0.1, -0.05) is 57.2 Å². The van der Waals surface area contributed by atoms with Crippen LogP contribution in [-0.2, 0) is 15.0 Å². The number of ketones is 1. The van der Waals surface area contributed by atoms with Gasteiger partial charge in [-0.05, 0) is 48.1 Å². The van der Waals surface area contributed by atoms with E-state index in [1.807, 2.05) is 6.08 Å². The molecule has 1 saturated carbocycles. The summed E-state index contributed by atoms with van der Waals surface area (Å²) in [7, 11) is 0. The van der Waals surface area contributed by atoms with E-state index in [0.717, 1.165) is 19.3 Å². The maximum Gasteiger partial charge on any atom is 0.303 e. The number of Topliss-reactive ketones (excluding diaryl/α,β-unsaturated/α-hetero) is 1. The maximum absolute atomic E-state index is 12.3. The highest BCUT2D eigenvalue weighted by Gasteiger charge is 2.34. The van der Waals surface area contributed by atoms with Gasteiger partial charge < -0.3 is 5.11 Å². The van der Waals surface area contributed by atoms with Gasteiger partial charge in [0.25, 0.3) is 0 Å². The first kappa shape index (κ1) is 19.4. The number of allylic oxidation sites excluding steroid dienone is 2. The quantitative estimate of drug-likeness (QED) is 0.544. The zero-order valence-electron chi connectivity index (χ0n) is 15.6. The largest absolute Gasteiger partial charge is 0.481 e. The van der Waals surface area contributed by atoms with Crippen molar-refractivity contribution >= 4 is 11.8 Å². The van der Waals surface area contributed by atoms with Gasteiger partial charge in [0, 0.05) is 18.8 Å². The third-order valence-corrected chi connectivity index (χ3v) is 5.12. The number of aliphatic carboxylic acids is 1. The molecule has 0 bridgehead atoms. The molecule has 0 aromatic heterocycles. The summed E-state index contributed by atoms with van der Waals surface area (Å²) in [6.45, 7) is 6.62. The molecule has 25 heavy (non-hydrogen) atoms. The first-order valence-electron chi connectivity index (χ1n) is 9.29. The van der Waals surface area contributed by atoms with Gasteiger partial charge in [0.15, 0.2) is 0 Å². The summed E-state index contributed by atoms with van der Waals surface area (Å²) in [6, 6.07) is 8.76. The smallest absolute Gasteiger partial charge is 0.303 e. The molecule has 0 radical (unpaired) electrons. The Morgan fingerprint density at radius 1 is 1.20 bits per heavy atom. The molecule has 0 amide bonds. The van der Waals surface area contributed by atoms with Crippen molar-refractivity contribution in [2.45, 2.75) is 70.6 Å². The third kappa shape index (κ3) is 5.55. The monoisotopic (exact) mass is 342 g/mol. The fraction of sp³-hybridized carbons (Fsp3) is 0.545. The lowest BCUT2D eigenvalue weighted by atomic mass is 9.82. The van der Waals surface area contributed by atoms with Crippen LogP contribution in [0.15, 0.2) is 36.4 Å². The molecule has 0 unspecified atom stereocenters. The van der Waals surface area contributed by atoms with Gasteiger partial charge in [-0.2, -0.15) is 0 Å². The topological polar surface area (TPSA) is 54.4 Å². The second kappa shape index (κ2) is 8.46. The highest BCUT2D eigenvalue weighted by atomic mass is 16.4. The van der Waals surface area contributed by atoms with Crippen LogP contribution in [0.4, 0.5) is 0 Å². The minimum Gasteiger partial charge on any atom is -0.481 e. The molecule has 3 nitrogen and oxygen atoms in total. The summed E-state index contributed by atoms with van der Waals surface area (Å²) in [6.07, 6.45) is 8.07. The number of carbonyl (C=O) groups excluding carboxylic acids is 1. The van der Waals surface area contributed by atoms with Crippen LogP contribution in [0.3, 0.4) is 0 Å². The molecule has 0 heterocycles. The second-order valence-corrected chi connectivity index (χ2v) is 8.08. The minimum atomic E-state index is -0.752. The van der Waals surface area contributed by atoms with Crippen LogP contribution in [0.25, 0.3) is 0 Å². The van der Waals surface area contributed by atoms with E-state index in [1.54, 1.807) is 0 Å². The van der Waals surface area contributed by atoms with Crippen LogP contribution in [-0.4, -0.2) is 16.9 Å². The number of carboxylic acids is 1. The van der Waals surface area contributed by atoms with E-state index in [0.29, 0.717) is 24.5 Å². The summed E-state index contributed by atoms with van der Waals surface area (Å²) in [5, 5.41) is 8.64. The number of benzene rings is 1. The van der Waals surface area contributed by atoms with Crippen LogP contribution in [0, 0.1) is 5.92 Å². The van der Waals surface area contributed by atoms with Crippen molar-refractivity contribution in [3.63, 3.8) is 0 Å². The van der Waals surface area contributed by atoms with E-state index in [9.17, 15) is 9.59 Å². The van der Waals surface area contributed by atoms with Gasteiger partial charge in [0.2, 0.25) is 0 Å². The Labute approximate surface area is 151 Å². The van der Waals surface area contributed by atoms with Gasteiger partial charge >= 0.3 is 5.97 Å². The Balaban J connectivity index is 1.96.